The first-order valence-corrected chi connectivity index (χ1v) is 7.46. The summed E-state index contributed by atoms with van der Waals surface area (Å²) in [5.41, 5.74) is 0.957. The summed E-state index contributed by atoms with van der Waals surface area (Å²) in [7, 11) is 5.16. The first-order chi connectivity index (χ1) is 10.0. The molecule has 21 heavy (non-hydrogen) atoms. The molecule has 0 aliphatic heterocycles. The maximum Gasteiger partial charge on any atom is 0.235 e. The highest BCUT2D eigenvalue weighted by molar-refractivity contribution is 8.00. The highest BCUT2D eigenvalue weighted by Gasteiger charge is 2.19. The van der Waals surface area contributed by atoms with Gasteiger partial charge in [-0.25, -0.2) is 4.98 Å². The van der Waals surface area contributed by atoms with Gasteiger partial charge in [0.05, 0.1) is 18.0 Å². The Balaban J connectivity index is 2.24. The van der Waals surface area contributed by atoms with Crippen molar-refractivity contribution < 1.29 is 9.53 Å². The van der Waals surface area contributed by atoms with Crippen molar-refractivity contribution in [1.82, 2.24) is 14.5 Å². The van der Waals surface area contributed by atoms with E-state index in [4.69, 9.17) is 4.74 Å². The lowest BCUT2D eigenvalue weighted by Gasteiger charge is -2.16. The van der Waals surface area contributed by atoms with Gasteiger partial charge in [0.15, 0.2) is 5.16 Å². The molecule has 2 aromatic rings. The molecule has 1 unspecified atom stereocenters. The van der Waals surface area contributed by atoms with Gasteiger partial charge in [-0.2, -0.15) is 0 Å². The topological polar surface area (TPSA) is 47.4 Å². The van der Waals surface area contributed by atoms with Crippen molar-refractivity contribution in [2.75, 3.05) is 21.2 Å². The van der Waals surface area contributed by atoms with E-state index in [0.717, 1.165) is 16.6 Å². The van der Waals surface area contributed by atoms with Crippen molar-refractivity contribution in [3.63, 3.8) is 0 Å². The summed E-state index contributed by atoms with van der Waals surface area (Å²) in [5, 5.41) is 0.595. The quantitative estimate of drug-likeness (QED) is 0.796. The van der Waals surface area contributed by atoms with Crippen LogP contribution in [0.25, 0.3) is 5.69 Å². The van der Waals surface area contributed by atoms with Gasteiger partial charge >= 0.3 is 0 Å². The first-order valence-electron chi connectivity index (χ1n) is 6.58. The van der Waals surface area contributed by atoms with Gasteiger partial charge in [-0.05, 0) is 19.1 Å². The van der Waals surface area contributed by atoms with Gasteiger partial charge in [0, 0.05) is 32.6 Å². The van der Waals surface area contributed by atoms with Crippen molar-refractivity contribution in [3.05, 3.63) is 36.7 Å². The largest absolute Gasteiger partial charge is 0.497 e. The fourth-order valence-corrected chi connectivity index (χ4v) is 2.94. The number of hydrogen-bond acceptors (Lipinski definition) is 4. The Morgan fingerprint density at radius 1 is 1.43 bits per heavy atom. The number of rotatable bonds is 5. The van der Waals surface area contributed by atoms with E-state index in [1.165, 1.54) is 11.8 Å². The van der Waals surface area contributed by atoms with E-state index in [1.54, 1.807) is 32.3 Å². The highest BCUT2D eigenvalue weighted by atomic mass is 32.2. The number of methoxy groups -OCH3 is 1. The van der Waals surface area contributed by atoms with Gasteiger partial charge in [0.2, 0.25) is 5.91 Å². The molecule has 112 valence electrons. The van der Waals surface area contributed by atoms with Gasteiger partial charge in [-0.3, -0.25) is 9.36 Å². The van der Waals surface area contributed by atoms with Crippen LogP contribution >= 0.6 is 11.8 Å². The van der Waals surface area contributed by atoms with Crippen LogP contribution in [0.15, 0.2) is 41.8 Å². The molecule has 6 heteroatoms. The van der Waals surface area contributed by atoms with Gasteiger partial charge in [0.1, 0.15) is 5.75 Å². The lowest BCUT2D eigenvalue weighted by molar-refractivity contribution is -0.127. The SMILES string of the molecule is COc1cccc(-n2ccnc2SC(C)C(=O)N(C)C)c1. The van der Waals surface area contributed by atoms with Crippen molar-refractivity contribution in [1.29, 1.82) is 0 Å². The number of hydrogen-bond donors (Lipinski definition) is 0. The Morgan fingerprint density at radius 2 is 2.19 bits per heavy atom. The van der Waals surface area contributed by atoms with Crippen LogP contribution in [0.5, 0.6) is 5.75 Å². The van der Waals surface area contributed by atoms with Crippen molar-refractivity contribution in [2.24, 2.45) is 0 Å². The number of nitrogens with zero attached hydrogens (tertiary/aromatic N) is 3. The minimum absolute atomic E-state index is 0.0696. The lowest BCUT2D eigenvalue weighted by Crippen LogP contribution is -2.29. The summed E-state index contributed by atoms with van der Waals surface area (Å²) in [6, 6.07) is 7.74. The third kappa shape index (κ3) is 3.58. The molecule has 0 bridgehead atoms. The van der Waals surface area contributed by atoms with E-state index < -0.39 is 0 Å². The summed E-state index contributed by atoms with van der Waals surface area (Å²) in [4.78, 5) is 17.9. The summed E-state index contributed by atoms with van der Waals surface area (Å²) in [6.45, 7) is 1.89. The van der Waals surface area contributed by atoms with Crippen LogP contribution < -0.4 is 4.74 Å². The number of imidazole rings is 1. The van der Waals surface area contributed by atoms with E-state index in [2.05, 4.69) is 4.98 Å². The second kappa shape index (κ2) is 6.67. The minimum Gasteiger partial charge on any atom is -0.497 e. The summed E-state index contributed by atoms with van der Waals surface area (Å²) >= 11 is 1.44. The van der Waals surface area contributed by atoms with E-state index in [1.807, 2.05) is 42.0 Å². The standard InChI is InChI=1S/C15H19N3O2S/c1-11(14(19)17(2)3)21-15-16-8-9-18(15)12-6-5-7-13(10-12)20-4/h5-11H,1-4H3. The van der Waals surface area contributed by atoms with Crippen molar-refractivity contribution >= 4 is 17.7 Å². The molecule has 0 aliphatic carbocycles. The molecule has 1 aromatic heterocycles. The summed E-state index contributed by atoms with van der Waals surface area (Å²) < 4.78 is 7.19. The fourth-order valence-electron chi connectivity index (χ4n) is 1.91. The zero-order chi connectivity index (χ0) is 15.4. The second-order valence-corrected chi connectivity index (χ2v) is 6.08. The van der Waals surface area contributed by atoms with Crippen LogP contribution in [0.3, 0.4) is 0 Å². The number of carbonyl (C=O) groups is 1. The van der Waals surface area contributed by atoms with E-state index in [9.17, 15) is 4.79 Å². The zero-order valence-electron chi connectivity index (χ0n) is 12.6. The molecule has 0 fully saturated rings. The molecule has 1 amide bonds. The predicted molar refractivity (Wildman–Crippen MR) is 84.1 cm³/mol. The van der Waals surface area contributed by atoms with Crippen LogP contribution in [0, 0.1) is 0 Å². The average Bonchev–Trinajstić information content (AvgIpc) is 2.94. The molecular weight excluding hydrogens is 286 g/mol. The van der Waals surface area contributed by atoms with E-state index in [-0.39, 0.29) is 11.2 Å². The average molecular weight is 305 g/mol. The van der Waals surface area contributed by atoms with Crippen LogP contribution in [0.1, 0.15) is 6.92 Å². The number of thioether (sulfide) groups is 1. The van der Waals surface area contributed by atoms with Gasteiger partial charge in [0.25, 0.3) is 0 Å². The minimum atomic E-state index is -0.188. The van der Waals surface area contributed by atoms with Crippen LogP contribution in [-0.2, 0) is 4.79 Å². The predicted octanol–water partition coefficient (Wildman–Crippen LogP) is 2.45. The summed E-state index contributed by atoms with van der Waals surface area (Å²) in [6.07, 6.45) is 3.61. The van der Waals surface area contributed by atoms with Gasteiger partial charge in [-0.15, -0.1) is 0 Å². The Bertz CT molecular complexity index is 625. The van der Waals surface area contributed by atoms with Crippen LogP contribution in [0.4, 0.5) is 0 Å². The molecule has 1 atom stereocenters. The molecular formula is C15H19N3O2S. The van der Waals surface area contributed by atoms with Crippen molar-refractivity contribution in [2.45, 2.75) is 17.3 Å². The number of benzene rings is 1. The molecule has 5 nitrogen and oxygen atoms in total. The number of aromatic nitrogens is 2. The van der Waals surface area contributed by atoms with Crippen LogP contribution in [-0.4, -0.2) is 46.8 Å². The van der Waals surface area contributed by atoms with Crippen molar-refractivity contribution in [3.8, 4) is 11.4 Å². The molecule has 0 radical (unpaired) electrons. The Labute approximate surface area is 128 Å². The van der Waals surface area contributed by atoms with E-state index >= 15 is 0 Å². The lowest BCUT2D eigenvalue weighted by atomic mass is 10.3. The molecule has 2 rings (SSSR count). The Morgan fingerprint density at radius 3 is 2.86 bits per heavy atom. The Hall–Kier alpha value is -1.95. The first kappa shape index (κ1) is 15.4. The van der Waals surface area contributed by atoms with Gasteiger partial charge in [-0.1, -0.05) is 17.8 Å². The smallest absolute Gasteiger partial charge is 0.235 e. The fraction of sp³-hybridized carbons (Fsp3) is 0.333. The normalized spacial score (nSPS) is 12.0. The third-order valence-corrected chi connectivity index (χ3v) is 4.08. The number of amides is 1. The molecule has 0 saturated heterocycles. The zero-order valence-corrected chi connectivity index (χ0v) is 13.4. The third-order valence-electron chi connectivity index (χ3n) is 3.01. The number of carbonyl (C=O) groups excluding carboxylic acids is 1. The molecule has 0 N–H and O–H groups in total. The second-order valence-electron chi connectivity index (χ2n) is 4.77. The molecule has 1 heterocycles. The van der Waals surface area contributed by atoms with Gasteiger partial charge < -0.3 is 9.64 Å². The molecule has 0 aliphatic rings. The number of ether oxygens (including phenoxy) is 1. The highest BCUT2D eigenvalue weighted by Crippen LogP contribution is 2.26. The molecule has 0 spiro atoms. The maximum absolute atomic E-state index is 12.0. The van der Waals surface area contributed by atoms with E-state index in [0.29, 0.717) is 0 Å². The Kier molecular flexibility index (Phi) is 4.90. The molecule has 0 saturated carbocycles. The maximum atomic E-state index is 12.0. The molecule has 1 aromatic carbocycles. The summed E-state index contributed by atoms with van der Waals surface area (Å²) in [5.74, 6) is 0.856. The van der Waals surface area contributed by atoms with Crippen LogP contribution in [0.2, 0.25) is 0 Å². The monoisotopic (exact) mass is 305 g/mol.